The predicted octanol–water partition coefficient (Wildman–Crippen LogP) is 10.6. The summed E-state index contributed by atoms with van der Waals surface area (Å²) in [4.78, 5) is 5.42. The molecule has 8 aromatic rings. The second-order valence-corrected chi connectivity index (χ2v) is 14.6. The third-order valence-electron chi connectivity index (χ3n) is 11.5. The van der Waals surface area contributed by atoms with E-state index in [1.165, 1.54) is 49.8 Å². The molecule has 4 nitrogen and oxygen atoms in total. The summed E-state index contributed by atoms with van der Waals surface area (Å²) in [6, 6.07) is 53.9. The van der Waals surface area contributed by atoms with Gasteiger partial charge in [0.2, 0.25) is 0 Å². The van der Waals surface area contributed by atoms with Crippen LogP contribution in [0, 0.1) is 0 Å². The number of rotatable bonds is 5. The number of nitrogens with zero attached hydrogens (tertiary/aromatic N) is 2. The highest BCUT2D eigenvalue weighted by Gasteiger charge is 2.29. The molecule has 2 aromatic heterocycles. The highest BCUT2D eigenvalue weighted by molar-refractivity contribution is 6.10. The zero-order valence-corrected chi connectivity index (χ0v) is 29.7. The minimum atomic E-state index is -0.188. The topological polar surface area (TPSA) is 42.5 Å². The highest BCUT2D eigenvalue weighted by Crippen LogP contribution is 2.41. The number of aliphatic imine (C=N–C) groups is 1. The van der Waals surface area contributed by atoms with Gasteiger partial charge in [-0.2, -0.15) is 0 Å². The molecule has 6 aromatic carbocycles. The molecule has 1 N–H and O–H groups in total. The number of hydrogen-bond acceptors (Lipinski definition) is 3. The summed E-state index contributed by atoms with van der Waals surface area (Å²) in [5, 5.41) is 7.23. The van der Waals surface area contributed by atoms with E-state index in [4.69, 9.17) is 9.41 Å². The van der Waals surface area contributed by atoms with Crippen molar-refractivity contribution in [1.82, 2.24) is 4.57 Å². The molecular weight excluding hydrogens is 659 g/mol. The van der Waals surface area contributed by atoms with Crippen LogP contribution in [0.4, 0.5) is 5.69 Å². The fourth-order valence-corrected chi connectivity index (χ4v) is 8.99. The van der Waals surface area contributed by atoms with Crippen molar-refractivity contribution in [1.29, 1.82) is 0 Å². The van der Waals surface area contributed by atoms with Gasteiger partial charge in [0, 0.05) is 50.0 Å². The number of aromatic nitrogens is 1. The molecule has 3 heterocycles. The number of benzene rings is 6. The molecule has 0 saturated heterocycles. The summed E-state index contributed by atoms with van der Waals surface area (Å²) < 4.78 is 9.62. The lowest BCUT2D eigenvalue weighted by Gasteiger charge is -2.26. The molecule has 2 unspecified atom stereocenters. The fourth-order valence-electron chi connectivity index (χ4n) is 8.99. The number of fused-ring (bicyclic) bond motifs is 7. The van der Waals surface area contributed by atoms with Gasteiger partial charge in [0.15, 0.2) is 5.42 Å². The molecule has 2 aliphatic carbocycles. The maximum absolute atomic E-state index is 7.05. The number of anilines is 1. The molecule has 54 heavy (non-hydrogen) atoms. The Bertz CT molecular complexity index is 2930. The summed E-state index contributed by atoms with van der Waals surface area (Å²) >= 11 is 0. The fraction of sp³-hybridized carbons (Fsp3) is 0.100. The summed E-state index contributed by atoms with van der Waals surface area (Å²) in [6.45, 7) is 0. The van der Waals surface area contributed by atoms with Crippen molar-refractivity contribution >= 4 is 51.2 Å². The minimum absolute atomic E-state index is 0.188. The Hall–Kier alpha value is -6.65. The number of amidine groups is 1. The summed E-state index contributed by atoms with van der Waals surface area (Å²) in [5.74, 6) is 1.18. The number of nitrogens with one attached hydrogen (secondary N) is 1. The van der Waals surface area contributed by atoms with Crippen molar-refractivity contribution in [3.05, 3.63) is 202 Å². The second kappa shape index (κ2) is 12.5. The van der Waals surface area contributed by atoms with Crippen molar-refractivity contribution < 1.29 is 4.42 Å². The molecule has 0 bridgehead atoms. The molecule has 0 amide bonds. The maximum Gasteiger partial charge on any atom is 0.154 e. The molecule has 258 valence electrons. The van der Waals surface area contributed by atoms with Crippen LogP contribution in [-0.2, 0) is 6.42 Å². The van der Waals surface area contributed by atoms with Crippen LogP contribution in [0.15, 0.2) is 167 Å². The van der Waals surface area contributed by atoms with E-state index in [0.29, 0.717) is 5.92 Å². The van der Waals surface area contributed by atoms with Crippen LogP contribution >= 0.6 is 0 Å². The maximum atomic E-state index is 7.05. The molecule has 2 atom stereocenters. The van der Waals surface area contributed by atoms with Gasteiger partial charge in [0.1, 0.15) is 17.5 Å². The quantitative estimate of drug-likeness (QED) is 0.195. The number of furan rings is 1. The van der Waals surface area contributed by atoms with Crippen molar-refractivity contribution in [2.24, 2.45) is 4.99 Å². The molecule has 0 radical (unpaired) electrons. The predicted molar refractivity (Wildman–Crippen MR) is 222 cm³/mol. The Kier molecular flexibility index (Phi) is 7.16. The molecule has 1 aliphatic heterocycles. The number of allylic oxidation sites excluding steroid dienone is 1. The molecule has 11 rings (SSSR count). The number of para-hydroxylation sites is 1. The Morgan fingerprint density at radius 3 is 2.26 bits per heavy atom. The second-order valence-electron chi connectivity index (χ2n) is 14.6. The van der Waals surface area contributed by atoms with Crippen molar-refractivity contribution in [3.8, 4) is 11.1 Å². The largest absolute Gasteiger partial charge is 0.454 e. The first kappa shape index (κ1) is 30.9. The molecular formula is C50H37N3O. The van der Waals surface area contributed by atoms with Gasteiger partial charge in [0.25, 0.3) is 0 Å². The molecule has 0 saturated carbocycles. The van der Waals surface area contributed by atoms with Crippen molar-refractivity contribution in [2.45, 2.75) is 31.2 Å². The van der Waals surface area contributed by atoms with Crippen molar-refractivity contribution in [2.75, 3.05) is 5.32 Å². The van der Waals surface area contributed by atoms with E-state index < -0.39 is 0 Å². The monoisotopic (exact) mass is 695 g/mol. The smallest absolute Gasteiger partial charge is 0.154 e. The van der Waals surface area contributed by atoms with Crippen LogP contribution < -0.4 is 16.0 Å². The number of hydrogen-bond donors (Lipinski definition) is 1. The van der Waals surface area contributed by atoms with E-state index in [-0.39, 0.29) is 6.04 Å². The lowest BCUT2D eigenvalue weighted by Crippen LogP contribution is -2.30. The zero-order valence-electron chi connectivity index (χ0n) is 29.7. The van der Waals surface area contributed by atoms with Crippen LogP contribution in [-0.4, -0.2) is 10.4 Å². The summed E-state index contributed by atoms with van der Waals surface area (Å²) in [6.07, 6.45) is 9.89. The Morgan fingerprint density at radius 1 is 0.685 bits per heavy atom. The molecule has 0 spiro atoms. The standard InChI is InChI=1S/C50H37N3O/c1-4-14-32(15-5-1)35-26-28-37-38-29-27-36(33-16-6-2-7-17-33)31-45(38)53(44(37)30-35)43-24-12-22-41-47-40(21-13-25-46(47)54-49(41)43)48-39-20-10-11-23-42(39)51-50(52-48)34-18-8-3-9-19-34/h1-11,13-23,25-30,36,48H,12,24,31H2,(H,51,52). The van der Waals surface area contributed by atoms with Crippen LogP contribution in [0.25, 0.3) is 50.8 Å². The SMILES string of the molecule is C1=CC(c2ccccc2)Cc2c1c1ccc(-c3ccccc3)cc1n2C1=c2oc3cccc(C4N=C(c5ccccc5)Nc5ccccc54)c3c2=CCC1. The van der Waals surface area contributed by atoms with Crippen LogP contribution in [0.2, 0.25) is 0 Å². The van der Waals surface area contributed by atoms with Gasteiger partial charge in [-0.05, 0) is 59.7 Å². The van der Waals surface area contributed by atoms with Gasteiger partial charge in [0.05, 0.1) is 11.2 Å². The van der Waals surface area contributed by atoms with Gasteiger partial charge in [-0.1, -0.05) is 152 Å². The Morgan fingerprint density at radius 2 is 1.43 bits per heavy atom. The first-order valence-corrected chi connectivity index (χ1v) is 19.0. The van der Waals surface area contributed by atoms with Gasteiger partial charge < -0.3 is 14.3 Å². The summed E-state index contributed by atoms with van der Waals surface area (Å²) in [5.41, 5.74) is 15.2. The van der Waals surface area contributed by atoms with E-state index in [9.17, 15) is 0 Å². The normalized spacial score (nSPS) is 17.3. The molecule has 0 fully saturated rings. The zero-order chi connectivity index (χ0) is 35.6. The first-order valence-electron chi connectivity index (χ1n) is 19.0. The van der Waals surface area contributed by atoms with E-state index in [1.54, 1.807) is 0 Å². The van der Waals surface area contributed by atoms with Gasteiger partial charge in [-0.15, -0.1) is 0 Å². The van der Waals surface area contributed by atoms with Crippen LogP contribution in [0.5, 0.6) is 0 Å². The van der Waals surface area contributed by atoms with E-state index in [1.807, 2.05) is 6.07 Å². The third-order valence-corrected chi connectivity index (χ3v) is 11.5. The lowest BCUT2D eigenvalue weighted by atomic mass is 9.87. The summed E-state index contributed by atoms with van der Waals surface area (Å²) in [7, 11) is 0. The van der Waals surface area contributed by atoms with Crippen LogP contribution in [0.1, 0.15) is 58.3 Å². The average Bonchev–Trinajstić information content (AvgIpc) is 3.79. The van der Waals surface area contributed by atoms with Gasteiger partial charge >= 0.3 is 0 Å². The van der Waals surface area contributed by atoms with E-state index in [0.717, 1.165) is 63.9 Å². The average molecular weight is 696 g/mol. The lowest BCUT2D eigenvalue weighted by molar-refractivity contribution is 0.562. The van der Waals surface area contributed by atoms with Gasteiger partial charge in [-0.3, -0.25) is 4.99 Å². The molecule has 3 aliphatic rings. The first-order chi connectivity index (χ1) is 26.8. The minimum Gasteiger partial charge on any atom is -0.454 e. The Labute approximate surface area is 313 Å². The Balaban J connectivity index is 1.16. The third kappa shape index (κ3) is 4.94. The van der Waals surface area contributed by atoms with Gasteiger partial charge in [-0.25, -0.2) is 0 Å². The van der Waals surface area contributed by atoms with E-state index in [2.05, 4.69) is 174 Å². The molecule has 4 heteroatoms. The highest BCUT2D eigenvalue weighted by atomic mass is 16.3. The van der Waals surface area contributed by atoms with Crippen LogP contribution in [0.3, 0.4) is 0 Å². The van der Waals surface area contributed by atoms with Crippen molar-refractivity contribution in [3.63, 3.8) is 0 Å². The van der Waals surface area contributed by atoms with E-state index >= 15 is 0 Å².